The van der Waals surface area contributed by atoms with Crippen LogP contribution in [-0.2, 0) is 6.42 Å². The molecule has 1 aromatic heterocycles. The fourth-order valence-corrected chi connectivity index (χ4v) is 3.00. The normalized spacial score (nSPS) is 18.8. The zero-order chi connectivity index (χ0) is 14.9. The number of rotatable bonds is 3. The van der Waals surface area contributed by atoms with E-state index in [-0.39, 0.29) is 5.75 Å². The fourth-order valence-electron chi connectivity index (χ4n) is 3.00. The van der Waals surface area contributed by atoms with Gasteiger partial charge >= 0.3 is 0 Å². The molecule has 1 heterocycles. The summed E-state index contributed by atoms with van der Waals surface area (Å²) in [4.78, 5) is 4.55. The Morgan fingerprint density at radius 3 is 2.76 bits per heavy atom. The van der Waals surface area contributed by atoms with Crippen LogP contribution in [0.1, 0.15) is 62.7 Å². The second kappa shape index (κ2) is 5.51. The molecule has 2 aromatic rings. The second-order valence-electron chi connectivity index (χ2n) is 6.83. The van der Waals surface area contributed by atoms with Crippen LogP contribution in [0.25, 0.3) is 0 Å². The molecule has 21 heavy (non-hydrogen) atoms. The Hall–Kier alpha value is -1.84. The number of hydrogen-bond donors (Lipinski definition) is 1. The van der Waals surface area contributed by atoms with Crippen molar-refractivity contribution in [3.05, 3.63) is 41.5 Å². The lowest BCUT2D eigenvalue weighted by molar-refractivity contribution is 0.218. The van der Waals surface area contributed by atoms with Crippen molar-refractivity contribution in [2.45, 2.75) is 51.9 Å². The van der Waals surface area contributed by atoms with E-state index >= 15 is 0 Å². The van der Waals surface area contributed by atoms with Crippen molar-refractivity contribution >= 4 is 0 Å². The number of phenolic OH excluding ortho intramolecular Hbond substituents is 1. The highest BCUT2D eigenvalue weighted by Gasteiger charge is 2.30. The molecule has 1 N–H and O–H groups in total. The van der Waals surface area contributed by atoms with Crippen molar-refractivity contribution in [3.63, 3.8) is 0 Å². The van der Waals surface area contributed by atoms with Crippen LogP contribution in [0.5, 0.6) is 5.75 Å². The van der Waals surface area contributed by atoms with E-state index in [0.717, 1.165) is 24.2 Å². The number of aromatic hydroxyl groups is 1. The lowest BCUT2D eigenvalue weighted by atomic mass is 9.73. The van der Waals surface area contributed by atoms with E-state index in [1.807, 2.05) is 12.1 Å². The highest BCUT2D eigenvalue weighted by atomic mass is 16.5. The summed E-state index contributed by atoms with van der Waals surface area (Å²) in [5.74, 6) is 2.17. The van der Waals surface area contributed by atoms with Crippen LogP contribution in [-0.4, -0.2) is 15.2 Å². The smallest absolute Gasteiger partial charge is 0.231 e. The summed E-state index contributed by atoms with van der Waals surface area (Å²) < 4.78 is 5.37. The van der Waals surface area contributed by atoms with Gasteiger partial charge in [0.15, 0.2) is 5.82 Å². The number of benzene rings is 1. The molecule has 112 valence electrons. The molecule has 0 spiro atoms. The van der Waals surface area contributed by atoms with Gasteiger partial charge < -0.3 is 9.63 Å². The van der Waals surface area contributed by atoms with Gasteiger partial charge in [0, 0.05) is 5.92 Å². The quantitative estimate of drug-likeness (QED) is 0.924. The lowest BCUT2D eigenvalue weighted by Crippen LogP contribution is -2.20. The van der Waals surface area contributed by atoms with E-state index < -0.39 is 0 Å². The summed E-state index contributed by atoms with van der Waals surface area (Å²) in [6.07, 6.45) is 5.28. The minimum Gasteiger partial charge on any atom is -0.508 e. The Bertz CT molecular complexity index is 609. The van der Waals surface area contributed by atoms with Gasteiger partial charge in [0.05, 0.1) is 6.42 Å². The van der Waals surface area contributed by atoms with Gasteiger partial charge in [0.25, 0.3) is 0 Å². The summed E-state index contributed by atoms with van der Waals surface area (Å²) in [5.41, 5.74) is 1.43. The number of hydrogen-bond acceptors (Lipinski definition) is 4. The maximum atomic E-state index is 9.48. The van der Waals surface area contributed by atoms with Crippen LogP contribution in [0.4, 0.5) is 0 Å². The molecule has 4 heteroatoms. The van der Waals surface area contributed by atoms with Crippen LogP contribution < -0.4 is 0 Å². The molecule has 1 aliphatic rings. The van der Waals surface area contributed by atoms with Crippen LogP contribution in [0.2, 0.25) is 0 Å². The summed E-state index contributed by atoms with van der Waals surface area (Å²) >= 11 is 0. The third-order valence-corrected chi connectivity index (χ3v) is 4.45. The van der Waals surface area contributed by atoms with Gasteiger partial charge in [-0.15, -0.1) is 0 Å². The van der Waals surface area contributed by atoms with Crippen molar-refractivity contribution in [3.8, 4) is 5.75 Å². The molecular formula is C17H22N2O2. The third-order valence-electron chi connectivity index (χ3n) is 4.45. The van der Waals surface area contributed by atoms with Crippen LogP contribution in [0, 0.1) is 5.41 Å². The first-order valence-corrected chi connectivity index (χ1v) is 7.62. The Morgan fingerprint density at radius 2 is 2.05 bits per heavy atom. The number of phenols is 1. The summed E-state index contributed by atoms with van der Waals surface area (Å²) in [7, 11) is 0. The molecule has 0 atom stereocenters. The van der Waals surface area contributed by atoms with Crippen LogP contribution >= 0.6 is 0 Å². The number of aromatic nitrogens is 2. The van der Waals surface area contributed by atoms with E-state index in [2.05, 4.69) is 24.0 Å². The molecular weight excluding hydrogens is 264 g/mol. The van der Waals surface area contributed by atoms with Crippen molar-refractivity contribution in [2.24, 2.45) is 5.41 Å². The average molecular weight is 286 g/mol. The SMILES string of the molecule is CC1(C)CCC(c2noc(Cc3cccc(O)c3)n2)CC1. The molecule has 0 radical (unpaired) electrons. The van der Waals surface area contributed by atoms with Crippen molar-refractivity contribution in [1.82, 2.24) is 10.1 Å². The molecule has 1 aromatic carbocycles. The first kappa shape index (κ1) is 14.1. The first-order chi connectivity index (χ1) is 10.0. The minimum absolute atomic E-state index is 0.266. The molecule has 1 fully saturated rings. The van der Waals surface area contributed by atoms with E-state index in [4.69, 9.17) is 4.52 Å². The van der Waals surface area contributed by atoms with E-state index in [9.17, 15) is 5.11 Å². The van der Waals surface area contributed by atoms with E-state index in [0.29, 0.717) is 23.6 Å². The molecule has 0 amide bonds. The molecule has 0 saturated heterocycles. The van der Waals surface area contributed by atoms with E-state index in [1.54, 1.807) is 12.1 Å². The zero-order valence-corrected chi connectivity index (χ0v) is 12.7. The topological polar surface area (TPSA) is 59.2 Å². The second-order valence-corrected chi connectivity index (χ2v) is 6.83. The van der Waals surface area contributed by atoms with Crippen LogP contribution in [0.15, 0.2) is 28.8 Å². The zero-order valence-electron chi connectivity index (χ0n) is 12.7. The molecule has 3 rings (SSSR count). The predicted molar refractivity (Wildman–Crippen MR) is 80.2 cm³/mol. The molecule has 0 unspecified atom stereocenters. The Morgan fingerprint density at radius 1 is 1.29 bits per heavy atom. The Balaban J connectivity index is 1.67. The minimum atomic E-state index is 0.266. The van der Waals surface area contributed by atoms with Gasteiger partial charge in [0.1, 0.15) is 5.75 Å². The van der Waals surface area contributed by atoms with Gasteiger partial charge in [-0.05, 0) is 48.8 Å². The van der Waals surface area contributed by atoms with Crippen molar-refractivity contribution < 1.29 is 9.63 Å². The highest BCUT2D eigenvalue weighted by molar-refractivity contribution is 5.28. The third kappa shape index (κ3) is 3.43. The Labute approximate surface area is 125 Å². The monoisotopic (exact) mass is 286 g/mol. The lowest BCUT2D eigenvalue weighted by Gasteiger charge is -2.32. The van der Waals surface area contributed by atoms with Gasteiger partial charge in [-0.1, -0.05) is 31.1 Å². The van der Waals surface area contributed by atoms with Crippen LogP contribution in [0.3, 0.4) is 0 Å². The number of nitrogens with zero attached hydrogens (tertiary/aromatic N) is 2. The predicted octanol–water partition coefficient (Wildman–Crippen LogP) is 4.05. The van der Waals surface area contributed by atoms with Gasteiger partial charge in [-0.3, -0.25) is 0 Å². The summed E-state index contributed by atoms with van der Waals surface area (Å²) in [6, 6.07) is 7.16. The largest absolute Gasteiger partial charge is 0.508 e. The maximum Gasteiger partial charge on any atom is 0.231 e. The average Bonchev–Trinajstić information content (AvgIpc) is 2.87. The maximum absolute atomic E-state index is 9.48. The molecule has 1 aliphatic carbocycles. The fraction of sp³-hybridized carbons (Fsp3) is 0.529. The first-order valence-electron chi connectivity index (χ1n) is 7.62. The van der Waals surface area contributed by atoms with Gasteiger partial charge in [-0.2, -0.15) is 4.98 Å². The van der Waals surface area contributed by atoms with Crippen molar-refractivity contribution in [2.75, 3.05) is 0 Å². The van der Waals surface area contributed by atoms with Gasteiger partial charge in [-0.25, -0.2) is 0 Å². The van der Waals surface area contributed by atoms with Crippen molar-refractivity contribution in [1.29, 1.82) is 0 Å². The molecule has 0 bridgehead atoms. The van der Waals surface area contributed by atoms with Gasteiger partial charge in [0.2, 0.25) is 5.89 Å². The molecule has 4 nitrogen and oxygen atoms in total. The molecule has 1 saturated carbocycles. The Kier molecular flexibility index (Phi) is 3.70. The highest BCUT2D eigenvalue weighted by Crippen LogP contribution is 2.41. The standard InChI is InChI=1S/C17H22N2O2/c1-17(2)8-6-13(7-9-17)16-18-15(21-19-16)11-12-4-3-5-14(20)10-12/h3-5,10,13,20H,6-9,11H2,1-2H3. The summed E-state index contributed by atoms with van der Waals surface area (Å²) in [6.45, 7) is 4.65. The van der Waals surface area contributed by atoms with E-state index in [1.165, 1.54) is 12.8 Å². The summed E-state index contributed by atoms with van der Waals surface area (Å²) in [5, 5.41) is 13.6. The molecule has 0 aliphatic heterocycles.